The molecule has 2 aromatic carbocycles. The standard InChI is InChI=1S/C43H61N12O2/c1-48-27-31-54(42(48)46-44-38-5-9-40(10-6-38)52-23-13-36(14-24-52)17-33-56)21-3-19-50-29-30-51(35-50)20-4-22-55-32-28-49(2)43(55)47-45-39-7-11-41(12-8-39)53-25-15-37(16-26-53)18-34-57/h5-12,27-32,35-37,56-57H,3-4,13-26,33-34H2,1-2H3/q+3. The number of anilines is 2. The summed E-state index contributed by atoms with van der Waals surface area (Å²) in [5.41, 5.74) is 4.13. The maximum absolute atomic E-state index is 9.25. The molecule has 0 radical (unpaired) electrons. The summed E-state index contributed by atoms with van der Waals surface area (Å²) in [6.07, 6.45) is 23.0. The van der Waals surface area contributed by atoms with Gasteiger partial charge in [0.2, 0.25) is 6.33 Å². The third-order valence-corrected chi connectivity index (χ3v) is 11.7. The van der Waals surface area contributed by atoms with Crippen molar-refractivity contribution in [1.82, 2.24) is 13.7 Å². The van der Waals surface area contributed by atoms with E-state index < -0.39 is 0 Å². The average Bonchev–Trinajstić information content (AvgIpc) is 3.95. The van der Waals surface area contributed by atoms with Crippen LogP contribution in [0.2, 0.25) is 0 Å². The first-order valence-electron chi connectivity index (χ1n) is 20.9. The summed E-state index contributed by atoms with van der Waals surface area (Å²) in [6.45, 7) is 8.22. The van der Waals surface area contributed by atoms with Crippen LogP contribution in [0.4, 0.5) is 34.6 Å². The molecule has 7 rings (SSSR count). The van der Waals surface area contributed by atoms with Gasteiger partial charge >= 0.3 is 11.9 Å². The molecular weight excluding hydrogens is 717 g/mol. The molecule has 5 aromatic rings. The van der Waals surface area contributed by atoms with E-state index in [2.05, 4.69) is 104 Å². The van der Waals surface area contributed by atoms with Crippen LogP contribution < -0.4 is 23.5 Å². The van der Waals surface area contributed by atoms with Gasteiger partial charge in [0.25, 0.3) is 0 Å². The zero-order valence-electron chi connectivity index (χ0n) is 33.8. The van der Waals surface area contributed by atoms with Gasteiger partial charge in [-0.1, -0.05) is 10.2 Å². The topological polar surface area (TPSA) is 123 Å². The summed E-state index contributed by atoms with van der Waals surface area (Å²) in [7, 11) is 4.02. The minimum absolute atomic E-state index is 0.290. The molecule has 0 amide bonds. The molecular formula is C43H61N12O2+3. The van der Waals surface area contributed by atoms with E-state index >= 15 is 0 Å². The highest BCUT2D eigenvalue weighted by atomic mass is 16.3. The summed E-state index contributed by atoms with van der Waals surface area (Å²) in [4.78, 5) is 4.85. The highest BCUT2D eigenvalue weighted by Gasteiger charge is 2.21. The molecule has 0 aliphatic carbocycles. The molecule has 2 aliphatic heterocycles. The highest BCUT2D eigenvalue weighted by molar-refractivity contribution is 5.54. The van der Waals surface area contributed by atoms with E-state index in [-0.39, 0.29) is 13.2 Å². The molecule has 302 valence electrons. The summed E-state index contributed by atoms with van der Waals surface area (Å²) in [5, 5.41) is 36.9. The lowest BCUT2D eigenvalue weighted by Gasteiger charge is -2.33. The van der Waals surface area contributed by atoms with E-state index in [0.717, 1.165) is 127 Å². The third-order valence-electron chi connectivity index (χ3n) is 11.7. The maximum Gasteiger partial charge on any atom is 0.421 e. The van der Waals surface area contributed by atoms with E-state index in [1.54, 1.807) is 0 Å². The smallest absolute Gasteiger partial charge is 0.396 e. The van der Waals surface area contributed by atoms with Gasteiger partial charge in [-0.15, -0.1) is 0 Å². The quantitative estimate of drug-likeness (QED) is 0.0809. The average molecular weight is 778 g/mol. The Labute approximate surface area is 336 Å². The SMILES string of the molecule is C[n+]1ccn(CCCn2cc[n+](CCCn3cc[n+](C)c3N=Nc3ccc(N4CCC(CCO)CC4)cc3)c2)c1N=Nc1ccc(N2CCC(CCO)CC2)cc1. The number of aromatic nitrogens is 6. The second-order valence-corrected chi connectivity index (χ2v) is 15.7. The molecule has 0 saturated carbocycles. The second-order valence-electron chi connectivity index (χ2n) is 15.7. The van der Waals surface area contributed by atoms with Gasteiger partial charge in [-0.3, -0.25) is 0 Å². The molecule has 2 saturated heterocycles. The number of rotatable bonds is 18. The zero-order chi connectivity index (χ0) is 39.4. The predicted octanol–water partition coefficient (Wildman–Crippen LogP) is 6.24. The normalized spacial score (nSPS) is 15.9. The van der Waals surface area contributed by atoms with Crippen molar-refractivity contribution in [1.29, 1.82) is 0 Å². The Morgan fingerprint density at radius 3 is 1.53 bits per heavy atom. The number of hydrogen-bond donors (Lipinski definition) is 2. The van der Waals surface area contributed by atoms with Gasteiger partial charge in [-0.25, -0.2) is 27.4 Å². The van der Waals surface area contributed by atoms with E-state index in [1.165, 1.54) is 11.4 Å². The van der Waals surface area contributed by atoms with Gasteiger partial charge in [0.05, 0.1) is 65.1 Å². The number of piperidine rings is 2. The lowest BCUT2D eigenvalue weighted by molar-refractivity contribution is -0.697. The number of imidazole rings is 3. The van der Waals surface area contributed by atoms with Crippen LogP contribution in [0.5, 0.6) is 0 Å². The molecule has 0 atom stereocenters. The minimum atomic E-state index is 0.290. The number of aliphatic hydroxyl groups excluding tert-OH is 2. The van der Waals surface area contributed by atoms with Crippen LogP contribution in [-0.4, -0.2) is 63.3 Å². The van der Waals surface area contributed by atoms with Crippen LogP contribution >= 0.6 is 0 Å². The van der Waals surface area contributed by atoms with Crippen LogP contribution in [0, 0.1) is 11.8 Å². The van der Waals surface area contributed by atoms with Gasteiger partial charge in [0.15, 0.2) is 0 Å². The number of azo groups is 2. The largest absolute Gasteiger partial charge is 0.421 e. The first kappa shape index (κ1) is 40.0. The molecule has 2 aliphatic rings. The molecule has 0 spiro atoms. The summed E-state index contributed by atoms with van der Waals surface area (Å²) < 4.78 is 12.9. The lowest BCUT2D eigenvalue weighted by Crippen LogP contribution is -2.33. The van der Waals surface area contributed by atoms with Crippen molar-refractivity contribution in [2.75, 3.05) is 49.2 Å². The Balaban J connectivity index is 0.844. The van der Waals surface area contributed by atoms with Crippen molar-refractivity contribution in [2.24, 2.45) is 46.4 Å². The first-order chi connectivity index (χ1) is 27.9. The van der Waals surface area contributed by atoms with Crippen molar-refractivity contribution < 1.29 is 23.9 Å². The zero-order valence-corrected chi connectivity index (χ0v) is 33.8. The Bertz CT molecular complexity index is 1890. The Kier molecular flexibility index (Phi) is 13.9. The van der Waals surface area contributed by atoms with Gasteiger partial charge in [0.1, 0.15) is 23.8 Å². The third kappa shape index (κ3) is 10.8. The fraction of sp³-hybridized carbons (Fsp3) is 0.512. The Hall–Kier alpha value is -5.21. The second kappa shape index (κ2) is 19.8. The van der Waals surface area contributed by atoms with Crippen LogP contribution in [0.3, 0.4) is 0 Å². The summed E-state index contributed by atoms with van der Waals surface area (Å²) in [6, 6.07) is 16.7. The van der Waals surface area contributed by atoms with Gasteiger partial charge < -0.3 is 20.0 Å². The molecule has 0 unspecified atom stereocenters. The number of aliphatic hydroxyl groups is 2. The summed E-state index contributed by atoms with van der Waals surface area (Å²) in [5.74, 6) is 2.92. The van der Waals surface area contributed by atoms with E-state index in [1.807, 2.05) is 59.9 Å². The minimum Gasteiger partial charge on any atom is -0.396 e. The van der Waals surface area contributed by atoms with Crippen molar-refractivity contribution in [3.05, 3.63) is 92.0 Å². The molecule has 2 fully saturated rings. The molecule has 57 heavy (non-hydrogen) atoms. The number of aryl methyl sites for hydroxylation is 6. The van der Waals surface area contributed by atoms with E-state index in [9.17, 15) is 10.2 Å². The van der Waals surface area contributed by atoms with Crippen LogP contribution in [0.25, 0.3) is 0 Å². The molecule has 0 bridgehead atoms. The molecule has 5 heterocycles. The fourth-order valence-electron chi connectivity index (χ4n) is 8.18. The van der Waals surface area contributed by atoms with Crippen molar-refractivity contribution in [3.63, 3.8) is 0 Å². The van der Waals surface area contributed by atoms with Crippen LogP contribution in [-0.2, 0) is 40.3 Å². The molecule has 14 nitrogen and oxygen atoms in total. The van der Waals surface area contributed by atoms with Crippen molar-refractivity contribution >= 4 is 34.6 Å². The number of nitrogens with zero attached hydrogens (tertiary/aromatic N) is 12. The molecule has 2 N–H and O–H groups in total. The van der Waals surface area contributed by atoms with Crippen molar-refractivity contribution in [2.45, 2.75) is 77.5 Å². The maximum atomic E-state index is 9.25. The lowest BCUT2D eigenvalue weighted by atomic mass is 9.93. The van der Waals surface area contributed by atoms with E-state index in [4.69, 9.17) is 0 Å². The fourth-order valence-corrected chi connectivity index (χ4v) is 8.18. The Morgan fingerprint density at radius 1 is 0.579 bits per heavy atom. The Morgan fingerprint density at radius 2 is 1.05 bits per heavy atom. The van der Waals surface area contributed by atoms with Gasteiger partial charge in [0, 0.05) is 73.8 Å². The highest BCUT2D eigenvalue weighted by Crippen LogP contribution is 2.29. The van der Waals surface area contributed by atoms with Gasteiger partial charge in [-0.2, -0.15) is 0 Å². The van der Waals surface area contributed by atoms with E-state index in [0.29, 0.717) is 11.8 Å². The number of hydrogen-bond acceptors (Lipinski definition) is 8. The number of benzene rings is 2. The molecule has 14 heteroatoms. The van der Waals surface area contributed by atoms with Crippen molar-refractivity contribution in [3.8, 4) is 0 Å². The van der Waals surface area contributed by atoms with Gasteiger partial charge in [-0.05, 0) is 98.9 Å². The monoisotopic (exact) mass is 778 g/mol. The molecule has 3 aromatic heterocycles. The first-order valence-corrected chi connectivity index (χ1v) is 20.9. The summed E-state index contributed by atoms with van der Waals surface area (Å²) >= 11 is 0. The van der Waals surface area contributed by atoms with Crippen LogP contribution in [0.1, 0.15) is 51.4 Å². The van der Waals surface area contributed by atoms with Crippen LogP contribution in [0.15, 0.2) is 112 Å². The predicted molar refractivity (Wildman–Crippen MR) is 220 cm³/mol.